The van der Waals surface area contributed by atoms with Crippen molar-refractivity contribution >= 4 is 35.0 Å². The number of fused-ring (bicyclic) bond motifs is 1. The normalized spacial score (nSPS) is 13.1. The molecule has 2 amide bonds. The number of carbonyl (C=O) groups is 2. The van der Waals surface area contributed by atoms with Crippen molar-refractivity contribution in [2.24, 2.45) is 0 Å². The van der Waals surface area contributed by atoms with Gasteiger partial charge in [0.1, 0.15) is 19.3 Å². The molecule has 6 nitrogen and oxygen atoms in total. The molecule has 0 saturated carbocycles. The van der Waals surface area contributed by atoms with Gasteiger partial charge in [0.05, 0.1) is 0 Å². The molecule has 1 aliphatic rings. The third kappa shape index (κ3) is 7.18. The van der Waals surface area contributed by atoms with Crippen molar-refractivity contribution in [3.63, 3.8) is 0 Å². The first kappa shape index (κ1) is 26.8. The molecule has 37 heavy (non-hydrogen) atoms. The van der Waals surface area contributed by atoms with E-state index in [1.807, 2.05) is 55.5 Å². The summed E-state index contributed by atoms with van der Waals surface area (Å²) in [6.45, 7) is 3.53. The van der Waals surface area contributed by atoms with E-state index in [0.717, 1.165) is 16.7 Å². The van der Waals surface area contributed by atoms with Crippen molar-refractivity contribution in [3.05, 3.63) is 93.5 Å². The summed E-state index contributed by atoms with van der Waals surface area (Å²) in [5, 5.41) is 3.86. The fraction of sp³-hybridized carbons (Fsp3) is 0.310. The first-order valence-electron chi connectivity index (χ1n) is 12.4. The lowest BCUT2D eigenvalue weighted by atomic mass is 10.0. The quantitative estimate of drug-likeness (QED) is 0.370. The van der Waals surface area contributed by atoms with E-state index in [9.17, 15) is 9.59 Å². The summed E-state index contributed by atoms with van der Waals surface area (Å²) >= 11 is 12.6. The minimum absolute atomic E-state index is 0.145. The maximum Gasteiger partial charge on any atom is 0.243 e. The number of halogens is 2. The molecule has 4 rings (SSSR count). The molecule has 1 unspecified atom stereocenters. The molecule has 0 spiro atoms. The zero-order valence-electron chi connectivity index (χ0n) is 20.7. The Morgan fingerprint density at radius 1 is 0.946 bits per heavy atom. The van der Waals surface area contributed by atoms with Crippen LogP contribution in [0.2, 0.25) is 10.0 Å². The number of nitrogens with zero attached hydrogens (tertiary/aromatic N) is 1. The highest BCUT2D eigenvalue weighted by Gasteiger charge is 2.30. The van der Waals surface area contributed by atoms with Crippen LogP contribution in [0.15, 0.2) is 66.7 Å². The molecule has 0 radical (unpaired) electrons. The predicted molar refractivity (Wildman–Crippen MR) is 145 cm³/mol. The Morgan fingerprint density at radius 2 is 1.70 bits per heavy atom. The number of aryl methyl sites for hydroxylation is 1. The average Bonchev–Trinajstić information content (AvgIpc) is 2.91. The molecule has 194 valence electrons. The van der Waals surface area contributed by atoms with Crippen LogP contribution in [0, 0.1) is 0 Å². The summed E-state index contributed by atoms with van der Waals surface area (Å²) in [5.41, 5.74) is 2.64. The van der Waals surface area contributed by atoms with Gasteiger partial charge in [0, 0.05) is 36.0 Å². The SMILES string of the molecule is CCNC(=O)C(Cc1ccccc1)N(Cc1ccc(Cl)cc1Cl)C(=O)CCc1ccc2c(c1)OCCO2. The maximum atomic E-state index is 13.7. The van der Waals surface area contributed by atoms with E-state index in [1.165, 1.54) is 0 Å². The van der Waals surface area contributed by atoms with Crippen molar-refractivity contribution in [2.45, 2.75) is 38.8 Å². The number of nitrogens with one attached hydrogen (secondary N) is 1. The second-order valence-electron chi connectivity index (χ2n) is 8.84. The van der Waals surface area contributed by atoms with E-state index >= 15 is 0 Å². The molecule has 8 heteroatoms. The number of ether oxygens (including phenoxy) is 2. The van der Waals surface area contributed by atoms with E-state index < -0.39 is 6.04 Å². The van der Waals surface area contributed by atoms with E-state index in [4.69, 9.17) is 32.7 Å². The molecule has 0 aromatic heterocycles. The van der Waals surface area contributed by atoms with Crippen LogP contribution in [0.4, 0.5) is 0 Å². The molecule has 0 bridgehead atoms. The highest BCUT2D eigenvalue weighted by Crippen LogP contribution is 2.31. The Kier molecular flexibility index (Phi) is 9.31. The van der Waals surface area contributed by atoms with Gasteiger partial charge in [-0.1, -0.05) is 65.7 Å². The zero-order valence-corrected chi connectivity index (χ0v) is 22.2. The van der Waals surface area contributed by atoms with E-state index in [2.05, 4.69) is 5.32 Å². The van der Waals surface area contributed by atoms with Crippen molar-refractivity contribution in [1.82, 2.24) is 10.2 Å². The number of rotatable bonds is 10. The summed E-state index contributed by atoms with van der Waals surface area (Å²) in [5.74, 6) is 1.04. The molecule has 1 aliphatic heterocycles. The first-order chi connectivity index (χ1) is 17.9. The van der Waals surface area contributed by atoms with Crippen LogP contribution in [-0.4, -0.2) is 42.5 Å². The second kappa shape index (κ2) is 12.8. The lowest BCUT2D eigenvalue weighted by molar-refractivity contribution is -0.141. The van der Waals surface area contributed by atoms with Gasteiger partial charge in [-0.3, -0.25) is 9.59 Å². The van der Waals surface area contributed by atoms with Gasteiger partial charge < -0.3 is 19.7 Å². The van der Waals surface area contributed by atoms with Gasteiger partial charge in [-0.05, 0) is 54.3 Å². The average molecular weight is 541 g/mol. The number of benzene rings is 3. The maximum absolute atomic E-state index is 13.7. The molecular formula is C29H30Cl2N2O4. The third-order valence-corrected chi connectivity index (χ3v) is 6.80. The summed E-state index contributed by atoms with van der Waals surface area (Å²) in [7, 11) is 0. The topological polar surface area (TPSA) is 67.9 Å². The molecule has 0 aliphatic carbocycles. The summed E-state index contributed by atoms with van der Waals surface area (Å²) in [6, 6.07) is 19.9. The highest BCUT2D eigenvalue weighted by atomic mass is 35.5. The first-order valence-corrected chi connectivity index (χ1v) is 13.1. The molecule has 0 fully saturated rings. The van der Waals surface area contributed by atoms with Gasteiger partial charge >= 0.3 is 0 Å². The van der Waals surface area contributed by atoms with Gasteiger partial charge in [-0.2, -0.15) is 0 Å². The number of hydrogen-bond donors (Lipinski definition) is 1. The smallest absolute Gasteiger partial charge is 0.243 e. The highest BCUT2D eigenvalue weighted by molar-refractivity contribution is 6.35. The molecular weight excluding hydrogens is 511 g/mol. The zero-order chi connectivity index (χ0) is 26.2. The molecule has 1 heterocycles. The van der Waals surface area contributed by atoms with Crippen LogP contribution in [0.3, 0.4) is 0 Å². The molecule has 0 saturated heterocycles. The second-order valence-corrected chi connectivity index (χ2v) is 9.68. The van der Waals surface area contributed by atoms with Gasteiger partial charge in [0.2, 0.25) is 11.8 Å². The van der Waals surface area contributed by atoms with E-state index in [1.54, 1.807) is 23.1 Å². The third-order valence-electron chi connectivity index (χ3n) is 6.21. The Bertz CT molecular complexity index is 1240. The van der Waals surface area contributed by atoms with Crippen molar-refractivity contribution in [2.75, 3.05) is 19.8 Å². The standard InChI is InChI=1S/C29H30Cl2N2O4/c1-2-32-29(35)25(16-20-6-4-3-5-7-20)33(19-22-10-11-23(30)18-24(22)31)28(34)13-9-21-8-12-26-27(17-21)37-15-14-36-26/h3-8,10-12,17-18,25H,2,9,13-16,19H2,1H3,(H,32,35). The minimum Gasteiger partial charge on any atom is -0.486 e. The Morgan fingerprint density at radius 3 is 2.43 bits per heavy atom. The van der Waals surface area contributed by atoms with Crippen LogP contribution in [0.5, 0.6) is 11.5 Å². The van der Waals surface area contributed by atoms with Gasteiger partial charge in [-0.15, -0.1) is 0 Å². The van der Waals surface area contributed by atoms with Crippen LogP contribution < -0.4 is 14.8 Å². The van der Waals surface area contributed by atoms with Crippen LogP contribution >= 0.6 is 23.2 Å². The molecule has 3 aromatic carbocycles. The monoisotopic (exact) mass is 540 g/mol. The van der Waals surface area contributed by atoms with Gasteiger partial charge in [0.15, 0.2) is 11.5 Å². The Balaban J connectivity index is 1.60. The van der Waals surface area contributed by atoms with Gasteiger partial charge in [-0.25, -0.2) is 0 Å². The van der Waals surface area contributed by atoms with Gasteiger partial charge in [0.25, 0.3) is 0 Å². The molecule has 1 atom stereocenters. The van der Waals surface area contributed by atoms with Crippen molar-refractivity contribution in [3.8, 4) is 11.5 Å². The number of carbonyl (C=O) groups excluding carboxylic acids is 2. The minimum atomic E-state index is -0.707. The Labute approximate surface area is 227 Å². The van der Waals surface area contributed by atoms with Crippen molar-refractivity contribution in [1.29, 1.82) is 0 Å². The molecule has 1 N–H and O–H groups in total. The van der Waals surface area contributed by atoms with Crippen LogP contribution in [-0.2, 0) is 29.0 Å². The number of hydrogen-bond acceptors (Lipinski definition) is 4. The summed E-state index contributed by atoms with van der Waals surface area (Å²) in [4.78, 5) is 28.6. The summed E-state index contributed by atoms with van der Waals surface area (Å²) < 4.78 is 11.3. The van der Waals surface area contributed by atoms with E-state index in [0.29, 0.717) is 54.1 Å². The lowest BCUT2D eigenvalue weighted by Gasteiger charge is -2.32. The number of amides is 2. The van der Waals surface area contributed by atoms with Crippen LogP contribution in [0.1, 0.15) is 30.0 Å². The molecule has 3 aromatic rings. The lowest BCUT2D eigenvalue weighted by Crippen LogP contribution is -2.50. The number of likely N-dealkylation sites (N-methyl/N-ethyl adjacent to an activating group) is 1. The fourth-order valence-electron chi connectivity index (χ4n) is 4.32. The fourth-order valence-corrected chi connectivity index (χ4v) is 4.79. The largest absolute Gasteiger partial charge is 0.486 e. The predicted octanol–water partition coefficient (Wildman–Crippen LogP) is 5.47. The van der Waals surface area contributed by atoms with E-state index in [-0.39, 0.29) is 24.8 Å². The van der Waals surface area contributed by atoms with Crippen molar-refractivity contribution < 1.29 is 19.1 Å². The van der Waals surface area contributed by atoms with Crippen LogP contribution in [0.25, 0.3) is 0 Å². The summed E-state index contributed by atoms with van der Waals surface area (Å²) in [6.07, 6.45) is 1.09. The Hall–Kier alpha value is -3.22.